The molecule has 2 aliphatic heterocycles. The minimum absolute atomic E-state index is 0. The zero-order valence-corrected chi connectivity index (χ0v) is 10.0. The smallest absolute Gasteiger partial charge is 1.00 e. The molecule has 0 N–H and O–H groups in total. The number of hydrogen-bond donors (Lipinski definition) is 0. The molecule has 3 unspecified atom stereocenters. The molecule has 2 rings (SSSR count). The van der Waals surface area contributed by atoms with Crippen molar-refractivity contribution in [1.29, 1.82) is 0 Å². The quantitative estimate of drug-likeness (QED) is 0.275. The van der Waals surface area contributed by atoms with E-state index in [1.54, 1.807) is 0 Å². The number of nitrogens with zero attached hydrogens (tertiary/aromatic N) is 1. The van der Waals surface area contributed by atoms with Gasteiger partial charge in [0.1, 0.15) is 12.1 Å². The van der Waals surface area contributed by atoms with Crippen LogP contribution in [0.15, 0.2) is 0 Å². The third kappa shape index (κ3) is 2.21. The Morgan fingerprint density at radius 3 is 2.77 bits per heavy atom. The molecule has 2 aliphatic rings. The molecule has 0 radical (unpaired) electrons. The van der Waals surface area contributed by atoms with Crippen LogP contribution in [0.4, 0.5) is 0 Å². The van der Waals surface area contributed by atoms with Crippen LogP contribution >= 0.6 is 0 Å². The summed E-state index contributed by atoms with van der Waals surface area (Å²) in [5.41, 5.74) is 0. The summed E-state index contributed by atoms with van der Waals surface area (Å²) in [4.78, 5) is 23.8. The number of Topliss-reactive ketones (excluding diaryl/α,β-unsaturated/α-hetero) is 1. The second kappa shape index (κ2) is 4.69. The van der Waals surface area contributed by atoms with Crippen molar-refractivity contribution in [2.45, 2.75) is 12.8 Å². The average Bonchev–Trinajstić information content (AvgIpc) is 2.64. The van der Waals surface area contributed by atoms with Gasteiger partial charge in [0.2, 0.25) is 0 Å². The summed E-state index contributed by atoms with van der Waals surface area (Å²) in [6, 6.07) is 0. The van der Waals surface area contributed by atoms with Crippen LogP contribution in [0.1, 0.15) is 14.3 Å². The van der Waals surface area contributed by atoms with Crippen LogP contribution in [0.25, 0.3) is 0 Å². The number of ketones is 1. The molecule has 0 spiro atoms. The third-order valence-corrected chi connectivity index (χ3v) is 3.03. The van der Waals surface area contributed by atoms with E-state index in [1.165, 1.54) is 0 Å². The molecule has 4 heteroatoms. The van der Waals surface area contributed by atoms with Gasteiger partial charge in [0.05, 0.1) is 6.42 Å². The van der Waals surface area contributed by atoms with E-state index < -0.39 is 0 Å². The standard InChI is InChI=1S/C9H13NO2.Na.H/c11-4-2-9(12)8-6-10-3-1-7(8)5-10;;/h4,7-8H,1-3,5-6H2;;/q;+1;-1. The Hall–Kier alpha value is 0.300. The van der Waals surface area contributed by atoms with Gasteiger partial charge in [-0.05, 0) is 18.9 Å². The first-order valence-corrected chi connectivity index (χ1v) is 4.50. The van der Waals surface area contributed by atoms with Crippen LogP contribution in [0.3, 0.4) is 0 Å². The normalized spacial score (nSPS) is 35.5. The van der Waals surface area contributed by atoms with Crippen molar-refractivity contribution < 1.29 is 40.6 Å². The number of hydrogen-bond acceptors (Lipinski definition) is 3. The van der Waals surface area contributed by atoms with Gasteiger partial charge in [-0.25, -0.2) is 0 Å². The third-order valence-electron chi connectivity index (χ3n) is 3.03. The molecular formula is C9H14NNaO2. The molecule has 3 atom stereocenters. The average molecular weight is 191 g/mol. The first-order valence-electron chi connectivity index (χ1n) is 4.50. The molecular weight excluding hydrogens is 177 g/mol. The molecule has 0 saturated carbocycles. The molecule has 0 aromatic carbocycles. The Labute approximate surface area is 102 Å². The Morgan fingerprint density at radius 1 is 1.54 bits per heavy atom. The maximum absolute atomic E-state index is 11.4. The molecule has 0 aliphatic carbocycles. The van der Waals surface area contributed by atoms with Gasteiger partial charge in [-0.15, -0.1) is 0 Å². The summed E-state index contributed by atoms with van der Waals surface area (Å²) >= 11 is 0. The number of carbonyl (C=O) groups is 2. The van der Waals surface area contributed by atoms with E-state index in [4.69, 9.17) is 0 Å². The van der Waals surface area contributed by atoms with Gasteiger partial charge in [-0.2, -0.15) is 0 Å². The summed E-state index contributed by atoms with van der Waals surface area (Å²) in [6.07, 6.45) is 1.99. The van der Waals surface area contributed by atoms with Crippen molar-refractivity contribution in [2.75, 3.05) is 19.6 Å². The van der Waals surface area contributed by atoms with Gasteiger partial charge in [-0.1, -0.05) is 0 Å². The second-order valence-electron chi connectivity index (χ2n) is 3.75. The zero-order chi connectivity index (χ0) is 8.55. The Balaban J connectivity index is 0.000000845. The van der Waals surface area contributed by atoms with Crippen LogP contribution in [0, 0.1) is 11.8 Å². The minimum Gasteiger partial charge on any atom is -1.00 e. The molecule has 0 aromatic rings. The van der Waals surface area contributed by atoms with E-state index in [2.05, 4.69) is 4.90 Å². The Bertz CT molecular complexity index is 225. The molecule has 13 heavy (non-hydrogen) atoms. The van der Waals surface area contributed by atoms with Crippen molar-refractivity contribution >= 4 is 12.1 Å². The fourth-order valence-electron chi connectivity index (χ4n) is 2.38. The van der Waals surface area contributed by atoms with Crippen LogP contribution in [0.5, 0.6) is 0 Å². The van der Waals surface area contributed by atoms with Gasteiger partial charge in [0, 0.05) is 19.0 Å². The van der Waals surface area contributed by atoms with Crippen molar-refractivity contribution in [3.8, 4) is 0 Å². The van der Waals surface area contributed by atoms with Crippen LogP contribution in [-0.4, -0.2) is 36.6 Å². The van der Waals surface area contributed by atoms with Crippen LogP contribution in [-0.2, 0) is 9.59 Å². The first-order chi connectivity index (χ1) is 5.81. The monoisotopic (exact) mass is 191 g/mol. The number of rotatable bonds is 3. The van der Waals surface area contributed by atoms with Gasteiger partial charge < -0.3 is 11.1 Å². The van der Waals surface area contributed by atoms with E-state index in [0.29, 0.717) is 5.92 Å². The topological polar surface area (TPSA) is 37.4 Å². The fraction of sp³-hybridized carbons (Fsp3) is 0.778. The molecule has 68 valence electrons. The van der Waals surface area contributed by atoms with Gasteiger partial charge in [0.15, 0.2) is 0 Å². The largest absolute Gasteiger partial charge is 1.00 e. The molecule has 2 saturated heterocycles. The van der Waals surface area contributed by atoms with Gasteiger partial charge >= 0.3 is 29.6 Å². The van der Waals surface area contributed by atoms with Crippen LogP contribution < -0.4 is 29.6 Å². The number of piperidine rings is 1. The molecule has 3 nitrogen and oxygen atoms in total. The number of fused-ring (bicyclic) bond motifs is 2. The second-order valence-corrected chi connectivity index (χ2v) is 3.75. The van der Waals surface area contributed by atoms with E-state index >= 15 is 0 Å². The zero-order valence-electron chi connectivity index (χ0n) is 9.03. The van der Waals surface area contributed by atoms with E-state index in [9.17, 15) is 9.59 Å². The van der Waals surface area contributed by atoms with E-state index in [1.807, 2.05) is 0 Å². The predicted molar refractivity (Wildman–Crippen MR) is 44.8 cm³/mol. The minimum atomic E-state index is 0. The van der Waals surface area contributed by atoms with E-state index in [0.717, 1.165) is 32.3 Å². The predicted octanol–water partition coefficient (Wildman–Crippen LogP) is -2.79. The molecule has 2 bridgehead atoms. The summed E-state index contributed by atoms with van der Waals surface area (Å²) in [6.45, 7) is 3.13. The number of carbonyl (C=O) groups excluding carboxylic acids is 2. The SMILES string of the molecule is O=CCC(=O)C1CN2CCC1C2.[H-].[Na+]. The maximum atomic E-state index is 11.4. The van der Waals surface area contributed by atoms with Crippen molar-refractivity contribution in [3.05, 3.63) is 0 Å². The van der Waals surface area contributed by atoms with Gasteiger partial charge in [-0.3, -0.25) is 4.79 Å². The Kier molecular flexibility index (Phi) is 4.10. The van der Waals surface area contributed by atoms with Gasteiger partial charge in [0.25, 0.3) is 0 Å². The summed E-state index contributed by atoms with van der Waals surface area (Å²) in [5, 5.41) is 0. The number of aldehydes is 1. The molecule has 0 aromatic heterocycles. The summed E-state index contributed by atoms with van der Waals surface area (Å²) in [7, 11) is 0. The van der Waals surface area contributed by atoms with E-state index in [-0.39, 0.29) is 49.1 Å². The maximum Gasteiger partial charge on any atom is 1.00 e. The van der Waals surface area contributed by atoms with Crippen molar-refractivity contribution in [1.82, 2.24) is 4.90 Å². The molecule has 0 amide bonds. The van der Waals surface area contributed by atoms with Crippen molar-refractivity contribution in [2.24, 2.45) is 11.8 Å². The van der Waals surface area contributed by atoms with Crippen molar-refractivity contribution in [3.63, 3.8) is 0 Å². The fourth-order valence-corrected chi connectivity index (χ4v) is 2.38. The first kappa shape index (κ1) is 11.4. The van der Waals surface area contributed by atoms with Crippen LogP contribution in [0.2, 0.25) is 0 Å². The molecule has 2 heterocycles. The Morgan fingerprint density at radius 2 is 2.31 bits per heavy atom. The summed E-state index contributed by atoms with van der Waals surface area (Å²) < 4.78 is 0. The molecule has 2 fully saturated rings. The summed E-state index contributed by atoms with van der Waals surface area (Å²) in [5.74, 6) is 0.874.